The molecule has 2 aromatic heterocycles. The molecule has 0 aliphatic carbocycles. The molecule has 0 atom stereocenters. The van der Waals surface area contributed by atoms with Crippen molar-refractivity contribution in [3.8, 4) is 0 Å². The van der Waals surface area contributed by atoms with E-state index in [-0.39, 0.29) is 0 Å². The molecule has 0 bridgehead atoms. The number of hydrogen-bond acceptors (Lipinski definition) is 5. The molecule has 0 spiro atoms. The van der Waals surface area contributed by atoms with Gasteiger partial charge in [-0.05, 0) is 18.2 Å². The van der Waals surface area contributed by atoms with Gasteiger partial charge in [-0.25, -0.2) is 4.98 Å². The predicted octanol–water partition coefficient (Wildman–Crippen LogP) is 2.30. The second kappa shape index (κ2) is 6.98. The third kappa shape index (κ3) is 3.53. The second-order valence-corrected chi connectivity index (χ2v) is 4.43. The third-order valence-corrected chi connectivity index (χ3v) is 2.88. The zero-order valence-corrected chi connectivity index (χ0v) is 11.8. The van der Waals surface area contributed by atoms with Gasteiger partial charge < -0.3 is 10.5 Å². The number of fused-ring (bicyclic) bond motifs is 1. The lowest BCUT2D eigenvalue weighted by atomic mass is 10.1. The van der Waals surface area contributed by atoms with Gasteiger partial charge in [-0.3, -0.25) is 9.98 Å². The van der Waals surface area contributed by atoms with Crippen LogP contribution in [0.2, 0.25) is 5.15 Å². The standard InChI is InChI=1S/C14H15ClN4O/c1-20-5-4-17-8-11(7-16)10-6-13-12(18-9-10)2-3-14(15)19-13/h2-3,6-9H,4-5,16H2,1H3. The molecule has 0 radical (unpaired) electrons. The first-order chi connectivity index (χ1) is 9.74. The fraction of sp³-hybridized carbons (Fsp3) is 0.214. The van der Waals surface area contributed by atoms with Gasteiger partial charge >= 0.3 is 0 Å². The average Bonchev–Trinajstić information content (AvgIpc) is 2.46. The third-order valence-electron chi connectivity index (χ3n) is 2.67. The van der Waals surface area contributed by atoms with Gasteiger partial charge in [0.2, 0.25) is 0 Å². The van der Waals surface area contributed by atoms with Gasteiger partial charge in [-0.2, -0.15) is 0 Å². The molecule has 5 nitrogen and oxygen atoms in total. The Morgan fingerprint density at radius 3 is 3.05 bits per heavy atom. The minimum absolute atomic E-state index is 0.434. The van der Waals surface area contributed by atoms with Gasteiger partial charge in [0.25, 0.3) is 0 Å². The summed E-state index contributed by atoms with van der Waals surface area (Å²) in [5.41, 5.74) is 8.76. The first-order valence-corrected chi connectivity index (χ1v) is 6.45. The molecule has 2 heterocycles. The fourth-order valence-electron chi connectivity index (χ4n) is 1.66. The van der Waals surface area contributed by atoms with E-state index in [9.17, 15) is 0 Å². The van der Waals surface area contributed by atoms with Crippen molar-refractivity contribution in [1.82, 2.24) is 9.97 Å². The van der Waals surface area contributed by atoms with Gasteiger partial charge in [0.15, 0.2) is 0 Å². The Hall–Kier alpha value is -1.98. The summed E-state index contributed by atoms with van der Waals surface area (Å²) in [7, 11) is 1.64. The SMILES string of the molecule is COCCN=CC(=CN)c1cnc2ccc(Cl)nc2c1. The van der Waals surface area contributed by atoms with Gasteiger partial charge in [0.05, 0.1) is 24.2 Å². The van der Waals surface area contributed by atoms with Gasteiger partial charge in [-0.15, -0.1) is 0 Å². The molecule has 104 valence electrons. The maximum absolute atomic E-state index is 5.88. The molecule has 0 aromatic carbocycles. The molecule has 0 aliphatic heterocycles. The Labute approximate surface area is 122 Å². The van der Waals surface area contributed by atoms with Crippen molar-refractivity contribution in [2.24, 2.45) is 10.7 Å². The first kappa shape index (κ1) is 14.4. The topological polar surface area (TPSA) is 73.4 Å². The van der Waals surface area contributed by atoms with E-state index in [1.165, 1.54) is 6.20 Å². The van der Waals surface area contributed by atoms with Crippen molar-refractivity contribution in [2.75, 3.05) is 20.3 Å². The lowest BCUT2D eigenvalue weighted by molar-refractivity contribution is 0.208. The predicted molar refractivity (Wildman–Crippen MR) is 81.9 cm³/mol. The van der Waals surface area contributed by atoms with Crippen LogP contribution in [-0.2, 0) is 4.74 Å². The Morgan fingerprint density at radius 1 is 1.45 bits per heavy atom. The van der Waals surface area contributed by atoms with Crippen LogP contribution in [0.3, 0.4) is 0 Å². The van der Waals surface area contributed by atoms with Crippen molar-refractivity contribution in [3.63, 3.8) is 0 Å². The fourth-order valence-corrected chi connectivity index (χ4v) is 1.81. The van der Waals surface area contributed by atoms with E-state index < -0.39 is 0 Å². The summed E-state index contributed by atoms with van der Waals surface area (Å²) in [6.07, 6.45) is 4.93. The molecule has 0 saturated heterocycles. The molecular weight excluding hydrogens is 276 g/mol. The Balaban J connectivity index is 2.28. The van der Waals surface area contributed by atoms with Crippen LogP contribution in [0, 0.1) is 0 Å². The summed E-state index contributed by atoms with van der Waals surface area (Å²) in [4.78, 5) is 12.8. The zero-order valence-electron chi connectivity index (χ0n) is 11.1. The summed E-state index contributed by atoms with van der Waals surface area (Å²) in [6.45, 7) is 1.15. The van der Waals surface area contributed by atoms with Crippen LogP contribution in [-0.4, -0.2) is 36.4 Å². The maximum Gasteiger partial charge on any atom is 0.129 e. The average molecular weight is 291 g/mol. The van der Waals surface area contributed by atoms with Gasteiger partial charge in [0, 0.05) is 36.9 Å². The number of nitrogens with two attached hydrogens (primary N) is 1. The zero-order chi connectivity index (χ0) is 14.4. The summed E-state index contributed by atoms with van der Waals surface area (Å²) in [6, 6.07) is 5.42. The molecule has 0 fully saturated rings. The van der Waals surface area contributed by atoms with E-state index in [1.807, 2.05) is 12.1 Å². The van der Waals surface area contributed by atoms with Crippen molar-refractivity contribution < 1.29 is 4.74 Å². The number of methoxy groups -OCH3 is 1. The maximum atomic E-state index is 5.88. The summed E-state index contributed by atoms with van der Waals surface area (Å²) in [5, 5.41) is 0.434. The highest BCUT2D eigenvalue weighted by molar-refractivity contribution is 6.29. The molecule has 2 rings (SSSR count). The quantitative estimate of drug-likeness (QED) is 0.521. The van der Waals surface area contributed by atoms with Crippen LogP contribution in [0.15, 0.2) is 35.6 Å². The van der Waals surface area contributed by atoms with Crippen LogP contribution < -0.4 is 5.73 Å². The number of ether oxygens (including phenoxy) is 1. The number of rotatable bonds is 5. The van der Waals surface area contributed by atoms with E-state index in [2.05, 4.69) is 15.0 Å². The van der Waals surface area contributed by atoms with E-state index in [0.717, 1.165) is 22.2 Å². The highest BCUT2D eigenvalue weighted by Crippen LogP contribution is 2.18. The first-order valence-electron chi connectivity index (χ1n) is 6.08. The lowest BCUT2D eigenvalue weighted by Gasteiger charge is -2.03. The van der Waals surface area contributed by atoms with Crippen molar-refractivity contribution in [2.45, 2.75) is 0 Å². The summed E-state index contributed by atoms with van der Waals surface area (Å²) >= 11 is 5.88. The van der Waals surface area contributed by atoms with Gasteiger partial charge in [0.1, 0.15) is 5.15 Å². The molecule has 6 heteroatoms. The van der Waals surface area contributed by atoms with Crippen LogP contribution in [0.25, 0.3) is 16.6 Å². The highest BCUT2D eigenvalue weighted by atomic mass is 35.5. The van der Waals surface area contributed by atoms with Crippen LogP contribution >= 0.6 is 11.6 Å². The monoisotopic (exact) mass is 290 g/mol. The van der Waals surface area contributed by atoms with E-state index >= 15 is 0 Å². The number of aliphatic imine (C=N–C) groups is 1. The molecule has 2 aromatic rings. The number of pyridine rings is 2. The Morgan fingerprint density at radius 2 is 2.30 bits per heavy atom. The largest absolute Gasteiger partial charge is 0.404 e. The summed E-state index contributed by atoms with van der Waals surface area (Å²) < 4.78 is 4.93. The van der Waals surface area contributed by atoms with Gasteiger partial charge in [-0.1, -0.05) is 11.6 Å². The number of aromatic nitrogens is 2. The van der Waals surface area contributed by atoms with Crippen molar-refractivity contribution >= 4 is 34.4 Å². The molecule has 0 unspecified atom stereocenters. The Kier molecular flexibility index (Phi) is 5.03. The molecule has 0 amide bonds. The second-order valence-electron chi connectivity index (χ2n) is 4.05. The number of allylic oxidation sites excluding steroid dienone is 1. The van der Waals surface area contributed by atoms with E-state index in [1.54, 1.807) is 25.6 Å². The molecule has 0 aliphatic rings. The molecule has 0 saturated carbocycles. The lowest BCUT2D eigenvalue weighted by Crippen LogP contribution is -1.97. The summed E-state index contributed by atoms with van der Waals surface area (Å²) in [5.74, 6) is 0. The molecule has 20 heavy (non-hydrogen) atoms. The van der Waals surface area contributed by atoms with Crippen LogP contribution in [0.1, 0.15) is 5.56 Å². The van der Waals surface area contributed by atoms with Crippen LogP contribution in [0.4, 0.5) is 0 Å². The molecular formula is C14H15ClN4O. The minimum atomic E-state index is 0.434. The normalized spacial score (nSPS) is 12.4. The highest BCUT2D eigenvalue weighted by Gasteiger charge is 2.03. The van der Waals surface area contributed by atoms with Crippen molar-refractivity contribution in [3.05, 3.63) is 41.3 Å². The van der Waals surface area contributed by atoms with Crippen LogP contribution in [0.5, 0.6) is 0 Å². The van der Waals surface area contributed by atoms with E-state index in [0.29, 0.717) is 18.3 Å². The number of halogens is 1. The molecule has 2 N–H and O–H groups in total. The smallest absolute Gasteiger partial charge is 0.129 e. The van der Waals surface area contributed by atoms with Crippen molar-refractivity contribution in [1.29, 1.82) is 0 Å². The minimum Gasteiger partial charge on any atom is -0.404 e. The van der Waals surface area contributed by atoms with E-state index in [4.69, 9.17) is 22.1 Å². The number of nitrogens with zero attached hydrogens (tertiary/aromatic N) is 3. The number of hydrogen-bond donors (Lipinski definition) is 1. The Bertz CT molecular complexity index is 655.